The fourth-order valence-corrected chi connectivity index (χ4v) is 3.10. The normalized spacial score (nSPS) is 18.6. The van der Waals surface area contributed by atoms with Crippen LogP contribution in [0.25, 0.3) is 11.0 Å². The molecule has 0 radical (unpaired) electrons. The smallest absolute Gasteiger partial charge is 0.410 e. The molecule has 1 atom stereocenters. The first-order valence-corrected chi connectivity index (χ1v) is 7.94. The van der Waals surface area contributed by atoms with E-state index in [2.05, 4.69) is 4.98 Å². The number of aromatic nitrogens is 2. The summed E-state index contributed by atoms with van der Waals surface area (Å²) in [5.74, 6) is 0. The maximum atomic E-state index is 12.4. The SMILES string of the molecule is Cn1c(=O)[nH]c2ccc(C3CCCN3C(=O)OC(C)(C)C)cc21. The van der Waals surface area contributed by atoms with Gasteiger partial charge in [-0.15, -0.1) is 0 Å². The number of carbonyl (C=O) groups excluding carboxylic acids is 1. The number of likely N-dealkylation sites (tertiary alicyclic amines) is 1. The second-order valence-electron chi connectivity index (χ2n) is 7.10. The number of rotatable bonds is 1. The monoisotopic (exact) mass is 317 g/mol. The van der Waals surface area contributed by atoms with Crippen molar-refractivity contribution in [2.75, 3.05) is 6.54 Å². The topological polar surface area (TPSA) is 67.3 Å². The molecule has 3 rings (SSSR count). The summed E-state index contributed by atoms with van der Waals surface area (Å²) in [6.07, 6.45) is 1.58. The Morgan fingerprint density at radius 2 is 2.09 bits per heavy atom. The number of carbonyl (C=O) groups is 1. The molecule has 6 heteroatoms. The first kappa shape index (κ1) is 15.6. The lowest BCUT2D eigenvalue weighted by atomic mass is 10.0. The molecule has 1 aromatic heterocycles. The molecule has 0 aliphatic carbocycles. The zero-order valence-corrected chi connectivity index (χ0v) is 14.0. The van der Waals surface area contributed by atoms with Crippen LogP contribution >= 0.6 is 0 Å². The van der Waals surface area contributed by atoms with Crippen molar-refractivity contribution in [2.24, 2.45) is 7.05 Å². The van der Waals surface area contributed by atoms with Gasteiger partial charge < -0.3 is 14.6 Å². The van der Waals surface area contributed by atoms with E-state index in [0.29, 0.717) is 6.54 Å². The largest absolute Gasteiger partial charge is 0.444 e. The average molecular weight is 317 g/mol. The molecule has 0 bridgehead atoms. The van der Waals surface area contributed by atoms with Gasteiger partial charge >= 0.3 is 11.8 Å². The Morgan fingerprint density at radius 1 is 1.35 bits per heavy atom. The Labute approximate surface area is 135 Å². The van der Waals surface area contributed by atoms with Crippen LogP contribution in [0.2, 0.25) is 0 Å². The Bertz CT molecular complexity index is 797. The van der Waals surface area contributed by atoms with Crippen molar-refractivity contribution >= 4 is 17.1 Å². The van der Waals surface area contributed by atoms with E-state index in [1.807, 2.05) is 39.0 Å². The number of hydrogen-bond acceptors (Lipinski definition) is 3. The fourth-order valence-electron chi connectivity index (χ4n) is 3.10. The van der Waals surface area contributed by atoms with E-state index in [1.54, 1.807) is 16.5 Å². The number of H-pyrrole nitrogens is 1. The molecule has 124 valence electrons. The van der Waals surface area contributed by atoms with Crippen LogP contribution in [0, 0.1) is 0 Å². The zero-order valence-electron chi connectivity index (χ0n) is 14.0. The Kier molecular flexibility index (Phi) is 3.70. The number of aryl methyl sites for hydroxylation is 1. The summed E-state index contributed by atoms with van der Waals surface area (Å²) in [6, 6.07) is 5.86. The van der Waals surface area contributed by atoms with Gasteiger partial charge in [-0.3, -0.25) is 4.57 Å². The van der Waals surface area contributed by atoms with E-state index >= 15 is 0 Å². The van der Waals surface area contributed by atoms with Crippen molar-refractivity contribution in [2.45, 2.75) is 45.3 Å². The van der Waals surface area contributed by atoms with Crippen molar-refractivity contribution in [3.05, 3.63) is 34.2 Å². The molecule has 1 amide bonds. The molecule has 1 aliphatic rings. The maximum Gasteiger partial charge on any atom is 0.410 e. The van der Waals surface area contributed by atoms with Gasteiger partial charge in [0.1, 0.15) is 5.60 Å². The van der Waals surface area contributed by atoms with Crippen LogP contribution in [0.15, 0.2) is 23.0 Å². The van der Waals surface area contributed by atoms with Crippen molar-refractivity contribution in [1.82, 2.24) is 14.5 Å². The van der Waals surface area contributed by atoms with Crippen molar-refractivity contribution in [3.8, 4) is 0 Å². The number of hydrogen-bond donors (Lipinski definition) is 1. The Balaban J connectivity index is 1.92. The lowest BCUT2D eigenvalue weighted by molar-refractivity contribution is 0.0224. The van der Waals surface area contributed by atoms with Crippen LogP contribution in [0.4, 0.5) is 4.79 Å². The third-order valence-corrected chi connectivity index (χ3v) is 4.19. The molecule has 6 nitrogen and oxygen atoms in total. The molecule has 1 fully saturated rings. The average Bonchev–Trinajstić information content (AvgIpc) is 3.03. The number of amides is 1. The second kappa shape index (κ2) is 5.44. The third kappa shape index (κ3) is 2.98. The predicted molar refractivity (Wildman–Crippen MR) is 88.5 cm³/mol. The van der Waals surface area contributed by atoms with Crippen molar-refractivity contribution in [3.63, 3.8) is 0 Å². The maximum absolute atomic E-state index is 12.4. The highest BCUT2D eigenvalue weighted by atomic mass is 16.6. The van der Waals surface area contributed by atoms with Crippen LogP contribution in [0.3, 0.4) is 0 Å². The number of fused-ring (bicyclic) bond motifs is 1. The quantitative estimate of drug-likeness (QED) is 0.879. The van der Waals surface area contributed by atoms with Crippen molar-refractivity contribution < 1.29 is 9.53 Å². The standard InChI is InChI=1S/C17H23N3O3/c1-17(2,3)23-16(22)20-9-5-6-13(20)11-7-8-12-14(10-11)19(4)15(21)18-12/h7-8,10,13H,5-6,9H2,1-4H3,(H,18,21). The number of nitrogens with one attached hydrogen (secondary N) is 1. The van der Waals surface area contributed by atoms with Gasteiger partial charge in [0.25, 0.3) is 0 Å². The highest BCUT2D eigenvalue weighted by Crippen LogP contribution is 2.34. The zero-order chi connectivity index (χ0) is 16.8. The van der Waals surface area contributed by atoms with E-state index in [4.69, 9.17) is 4.74 Å². The minimum Gasteiger partial charge on any atom is -0.444 e. The number of nitrogens with zero attached hydrogens (tertiary/aromatic N) is 2. The van der Waals surface area contributed by atoms with Crippen LogP contribution in [-0.4, -0.2) is 32.7 Å². The van der Waals surface area contributed by atoms with Crippen LogP contribution in [-0.2, 0) is 11.8 Å². The first-order valence-electron chi connectivity index (χ1n) is 7.94. The second-order valence-corrected chi connectivity index (χ2v) is 7.10. The van der Waals surface area contributed by atoms with Gasteiger partial charge in [0.05, 0.1) is 17.1 Å². The molecule has 0 spiro atoms. The fraction of sp³-hybridized carbons (Fsp3) is 0.529. The predicted octanol–water partition coefficient (Wildman–Crippen LogP) is 2.94. The summed E-state index contributed by atoms with van der Waals surface area (Å²) in [4.78, 5) is 28.7. The molecular weight excluding hydrogens is 294 g/mol. The number of ether oxygens (including phenoxy) is 1. The molecule has 1 aliphatic heterocycles. The molecule has 1 unspecified atom stereocenters. The third-order valence-electron chi connectivity index (χ3n) is 4.19. The van der Waals surface area contributed by atoms with Crippen molar-refractivity contribution in [1.29, 1.82) is 0 Å². The summed E-state index contributed by atoms with van der Waals surface area (Å²) in [5.41, 5.74) is 2.06. The van der Waals surface area contributed by atoms with Gasteiger partial charge in [-0.1, -0.05) is 6.07 Å². The van der Waals surface area contributed by atoms with E-state index < -0.39 is 5.60 Å². The van der Waals surface area contributed by atoms with Gasteiger partial charge in [-0.25, -0.2) is 9.59 Å². The van der Waals surface area contributed by atoms with Gasteiger partial charge in [-0.2, -0.15) is 0 Å². The minimum absolute atomic E-state index is 0.000693. The van der Waals surface area contributed by atoms with E-state index in [-0.39, 0.29) is 17.8 Å². The Hall–Kier alpha value is -2.24. The molecule has 1 saturated heterocycles. The molecule has 23 heavy (non-hydrogen) atoms. The Morgan fingerprint density at radius 3 is 2.78 bits per heavy atom. The molecule has 1 N–H and O–H groups in total. The summed E-state index contributed by atoms with van der Waals surface area (Å²) in [7, 11) is 1.74. The summed E-state index contributed by atoms with van der Waals surface area (Å²) in [5, 5.41) is 0. The summed E-state index contributed by atoms with van der Waals surface area (Å²) in [6.45, 7) is 6.32. The number of imidazole rings is 1. The van der Waals surface area contributed by atoms with E-state index in [1.165, 1.54) is 0 Å². The molecule has 1 aromatic carbocycles. The van der Waals surface area contributed by atoms with Crippen LogP contribution in [0.1, 0.15) is 45.2 Å². The van der Waals surface area contributed by atoms with E-state index in [9.17, 15) is 9.59 Å². The molecule has 2 aromatic rings. The van der Waals surface area contributed by atoms with Gasteiger partial charge in [0, 0.05) is 13.6 Å². The number of aromatic amines is 1. The number of benzene rings is 1. The summed E-state index contributed by atoms with van der Waals surface area (Å²) >= 11 is 0. The van der Waals surface area contributed by atoms with Gasteiger partial charge in [0.2, 0.25) is 0 Å². The van der Waals surface area contributed by atoms with Gasteiger partial charge in [-0.05, 0) is 51.3 Å². The van der Waals surface area contributed by atoms with Crippen LogP contribution < -0.4 is 5.69 Å². The molecular formula is C17H23N3O3. The van der Waals surface area contributed by atoms with Gasteiger partial charge in [0.15, 0.2) is 0 Å². The van der Waals surface area contributed by atoms with E-state index in [0.717, 1.165) is 29.4 Å². The highest BCUT2D eigenvalue weighted by molar-refractivity contribution is 5.76. The lowest BCUT2D eigenvalue weighted by Gasteiger charge is -2.28. The highest BCUT2D eigenvalue weighted by Gasteiger charge is 2.33. The summed E-state index contributed by atoms with van der Waals surface area (Å²) < 4.78 is 7.10. The molecule has 0 saturated carbocycles. The molecule has 2 heterocycles. The first-order chi connectivity index (χ1) is 10.8. The lowest BCUT2D eigenvalue weighted by Crippen LogP contribution is -2.36. The minimum atomic E-state index is -0.501. The van der Waals surface area contributed by atoms with Crippen LogP contribution in [0.5, 0.6) is 0 Å².